The number of nitrogens with zero attached hydrogens (tertiary/aromatic N) is 1. The maximum Gasteiger partial charge on any atom is 0.410 e. The molecule has 0 spiro atoms. The number of benzene rings is 1. The first-order valence-corrected chi connectivity index (χ1v) is 7.04. The van der Waals surface area contributed by atoms with Gasteiger partial charge in [-0.25, -0.2) is 4.79 Å². The van der Waals surface area contributed by atoms with Crippen LogP contribution in [0.4, 0.5) is 4.79 Å². The fourth-order valence-corrected chi connectivity index (χ4v) is 2.55. The molecule has 1 fully saturated rings. The predicted octanol–water partition coefficient (Wildman–Crippen LogP) is 2.33. The molecule has 21 heavy (non-hydrogen) atoms. The van der Waals surface area contributed by atoms with Crippen LogP contribution in [0.25, 0.3) is 0 Å². The third-order valence-corrected chi connectivity index (χ3v) is 3.64. The van der Waals surface area contributed by atoms with Crippen LogP contribution in [0.15, 0.2) is 30.3 Å². The summed E-state index contributed by atoms with van der Waals surface area (Å²) in [6.07, 6.45) is -0.367. The molecule has 112 valence electrons. The van der Waals surface area contributed by atoms with Gasteiger partial charge in [-0.2, -0.15) is 0 Å². The summed E-state index contributed by atoms with van der Waals surface area (Å²) in [6, 6.07) is 8.71. The van der Waals surface area contributed by atoms with Crippen molar-refractivity contribution >= 4 is 17.7 Å². The summed E-state index contributed by atoms with van der Waals surface area (Å²) in [7, 11) is 0. The number of ketones is 2. The lowest BCUT2D eigenvalue weighted by atomic mass is 10.1. The van der Waals surface area contributed by atoms with E-state index < -0.39 is 17.7 Å². The van der Waals surface area contributed by atoms with Crippen LogP contribution in [-0.2, 0) is 20.9 Å². The van der Waals surface area contributed by atoms with Crippen molar-refractivity contribution in [2.45, 2.75) is 45.4 Å². The molecule has 2 unspecified atom stereocenters. The van der Waals surface area contributed by atoms with Crippen LogP contribution >= 0.6 is 0 Å². The van der Waals surface area contributed by atoms with Gasteiger partial charge in [0.15, 0.2) is 0 Å². The van der Waals surface area contributed by atoms with Crippen molar-refractivity contribution in [1.29, 1.82) is 0 Å². The van der Waals surface area contributed by atoms with Gasteiger partial charge in [-0.05, 0) is 19.4 Å². The molecule has 5 heteroatoms. The van der Waals surface area contributed by atoms with Crippen molar-refractivity contribution in [3.63, 3.8) is 0 Å². The molecular formula is C16H19NO4. The van der Waals surface area contributed by atoms with E-state index in [1.54, 1.807) is 13.8 Å². The Hall–Kier alpha value is -2.17. The molecule has 2 atom stereocenters. The number of ether oxygens (including phenoxy) is 1. The van der Waals surface area contributed by atoms with E-state index in [9.17, 15) is 14.4 Å². The second-order valence-corrected chi connectivity index (χ2v) is 5.40. The Morgan fingerprint density at radius 2 is 1.62 bits per heavy atom. The SMILES string of the molecule is CC1CC(=O)C(=O)CC(C)N1C(=O)OCc1ccccc1. The lowest BCUT2D eigenvalue weighted by Crippen LogP contribution is -2.44. The normalized spacial score (nSPS) is 22.9. The number of carbonyl (C=O) groups excluding carboxylic acids is 3. The van der Waals surface area contributed by atoms with Gasteiger partial charge in [0.05, 0.1) is 0 Å². The van der Waals surface area contributed by atoms with Crippen LogP contribution in [0.2, 0.25) is 0 Å². The molecule has 5 nitrogen and oxygen atoms in total. The number of likely N-dealkylation sites (tertiary alicyclic amines) is 1. The quantitative estimate of drug-likeness (QED) is 0.784. The van der Waals surface area contributed by atoms with Crippen LogP contribution < -0.4 is 0 Å². The monoisotopic (exact) mass is 289 g/mol. The van der Waals surface area contributed by atoms with E-state index in [2.05, 4.69) is 0 Å². The lowest BCUT2D eigenvalue weighted by molar-refractivity contribution is -0.136. The van der Waals surface area contributed by atoms with Gasteiger partial charge in [-0.3, -0.25) is 9.59 Å². The summed E-state index contributed by atoms with van der Waals surface area (Å²) >= 11 is 0. The topological polar surface area (TPSA) is 63.7 Å². The van der Waals surface area contributed by atoms with Gasteiger partial charge in [0.25, 0.3) is 0 Å². The maximum atomic E-state index is 12.2. The number of Topliss-reactive ketones (excluding diaryl/α,β-unsaturated/α-hetero) is 2. The van der Waals surface area contributed by atoms with Crippen molar-refractivity contribution in [2.75, 3.05) is 0 Å². The molecule has 1 amide bonds. The smallest absolute Gasteiger partial charge is 0.410 e. The van der Waals surface area contributed by atoms with E-state index in [-0.39, 0.29) is 31.5 Å². The summed E-state index contributed by atoms with van der Waals surface area (Å²) in [5.74, 6) is -0.819. The fourth-order valence-electron chi connectivity index (χ4n) is 2.55. The van der Waals surface area contributed by atoms with Crippen LogP contribution in [-0.4, -0.2) is 34.6 Å². The molecule has 0 radical (unpaired) electrons. The molecule has 1 saturated heterocycles. The van der Waals surface area contributed by atoms with Gasteiger partial charge < -0.3 is 9.64 Å². The highest BCUT2D eigenvalue weighted by Crippen LogP contribution is 2.19. The molecule has 2 rings (SSSR count). The zero-order valence-corrected chi connectivity index (χ0v) is 12.2. The van der Waals surface area contributed by atoms with Gasteiger partial charge >= 0.3 is 6.09 Å². The van der Waals surface area contributed by atoms with Gasteiger partial charge in [0, 0.05) is 24.9 Å². The Kier molecular flexibility index (Phi) is 4.73. The Morgan fingerprint density at radius 3 is 2.14 bits per heavy atom. The molecule has 0 aliphatic carbocycles. The van der Waals surface area contributed by atoms with E-state index in [4.69, 9.17) is 4.74 Å². The van der Waals surface area contributed by atoms with Crippen molar-refractivity contribution in [3.05, 3.63) is 35.9 Å². The Labute approximate surface area is 123 Å². The van der Waals surface area contributed by atoms with E-state index in [0.717, 1.165) is 5.56 Å². The summed E-state index contributed by atoms with van der Waals surface area (Å²) in [6.45, 7) is 3.70. The Balaban J connectivity index is 2.03. The largest absolute Gasteiger partial charge is 0.445 e. The number of hydrogen-bond donors (Lipinski definition) is 0. The zero-order chi connectivity index (χ0) is 15.4. The van der Waals surface area contributed by atoms with Gasteiger partial charge in [-0.1, -0.05) is 30.3 Å². The lowest BCUT2D eigenvalue weighted by Gasteiger charge is -2.30. The fraction of sp³-hybridized carbons (Fsp3) is 0.438. The molecule has 0 saturated carbocycles. The van der Waals surface area contributed by atoms with Gasteiger partial charge in [0.2, 0.25) is 11.6 Å². The van der Waals surface area contributed by atoms with Crippen molar-refractivity contribution in [1.82, 2.24) is 4.90 Å². The minimum absolute atomic E-state index is 0.0591. The van der Waals surface area contributed by atoms with E-state index >= 15 is 0 Å². The third-order valence-electron chi connectivity index (χ3n) is 3.64. The average molecular weight is 289 g/mol. The summed E-state index contributed by atoms with van der Waals surface area (Å²) in [4.78, 5) is 36.9. The average Bonchev–Trinajstić information content (AvgIpc) is 2.54. The van der Waals surface area contributed by atoms with E-state index in [1.807, 2.05) is 30.3 Å². The van der Waals surface area contributed by atoms with Crippen molar-refractivity contribution in [2.24, 2.45) is 0 Å². The molecule has 1 heterocycles. The van der Waals surface area contributed by atoms with Crippen LogP contribution in [0.3, 0.4) is 0 Å². The number of rotatable bonds is 2. The third kappa shape index (κ3) is 3.68. The summed E-state index contributed by atoms with van der Waals surface area (Å²) in [5, 5.41) is 0. The van der Waals surface area contributed by atoms with Crippen LogP contribution in [0.5, 0.6) is 0 Å². The first kappa shape index (κ1) is 15.2. The maximum absolute atomic E-state index is 12.2. The molecule has 1 aromatic carbocycles. The highest BCUT2D eigenvalue weighted by molar-refractivity contribution is 6.37. The standard InChI is InChI=1S/C16H19NO4/c1-11-8-14(18)15(19)9-12(2)17(11)16(20)21-10-13-6-4-3-5-7-13/h3-7,11-12H,8-10H2,1-2H3. The van der Waals surface area contributed by atoms with Crippen molar-refractivity contribution in [3.8, 4) is 0 Å². The molecule has 1 aliphatic rings. The van der Waals surface area contributed by atoms with Gasteiger partial charge in [0.1, 0.15) is 6.61 Å². The second-order valence-electron chi connectivity index (χ2n) is 5.40. The second kappa shape index (κ2) is 6.52. The summed E-state index contributed by atoms with van der Waals surface area (Å²) in [5.41, 5.74) is 0.896. The Bertz CT molecular complexity index is 518. The number of carbonyl (C=O) groups is 3. The van der Waals surface area contributed by atoms with Crippen LogP contribution in [0.1, 0.15) is 32.3 Å². The Morgan fingerprint density at radius 1 is 1.10 bits per heavy atom. The number of hydrogen-bond acceptors (Lipinski definition) is 4. The van der Waals surface area contributed by atoms with Crippen molar-refractivity contribution < 1.29 is 19.1 Å². The highest BCUT2D eigenvalue weighted by atomic mass is 16.6. The summed E-state index contributed by atoms with van der Waals surface area (Å²) < 4.78 is 5.30. The van der Waals surface area contributed by atoms with E-state index in [1.165, 1.54) is 4.90 Å². The van der Waals surface area contributed by atoms with Crippen LogP contribution in [0, 0.1) is 0 Å². The predicted molar refractivity (Wildman–Crippen MR) is 76.6 cm³/mol. The minimum Gasteiger partial charge on any atom is -0.445 e. The molecule has 0 bridgehead atoms. The first-order chi connectivity index (χ1) is 9.99. The number of amides is 1. The highest BCUT2D eigenvalue weighted by Gasteiger charge is 2.35. The molecule has 1 aromatic rings. The molecule has 1 aliphatic heterocycles. The van der Waals surface area contributed by atoms with E-state index in [0.29, 0.717) is 0 Å². The minimum atomic E-state index is -0.485. The van der Waals surface area contributed by atoms with Gasteiger partial charge in [-0.15, -0.1) is 0 Å². The zero-order valence-electron chi connectivity index (χ0n) is 12.2. The first-order valence-electron chi connectivity index (χ1n) is 7.04. The molecular weight excluding hydrogens is 270 g/mol. The molecule has 0 N–H and O–H groups in total. The molecule has 0 aromatic heterocycles.